The molecule has 7 heteroatoms. The van der Waals surface area contributed by atoms with Crippen LogP contribution in [-0.4, -0.2) is 23.6 Å². The standard InChI is InChI=1S/C21H25NO6/c1-11(2)10-15(24)22-18-17-14(28-21(4,5)20(18)26-12(3)23)8-6-13-7-9-16(25)27-19(13)17/h6-9,11,18,20H,10H2,1-5H3,(H,22,24)/t18-,20+/m0/s1. The molecule has 3 rings (SSSR count). The summed E-state index contributed by atoms with van der Waals surface area (Å²) in [5.74, 6) is -0.0407. The molecule has 0 fully saturated rings. The van der Waals surface area contributed by atoms with Crippen molar-refractivity contribution in [2.45, 2.75) is 58.8 Å². The lowest BCUT2D eigenvalue weighted by atomic mass is 9.85. The van der Waals surface area contributed by atoms with Crippen molar-refractivity contribution in [3.8, 4) is 5.75 Å². The van der Waals surface area contributed by atoms with Gasteiger partial charge in [-0.3, -0.25) is 9.59 Å². The summed E-state index contributed by atoms with van der Waals surface area (Å²) < 4.78 is 17.1. The number of hydrogen-bond donors (Lipinski definition) is 1. The van der Waals surface area contributed by atoms with E-state index in [0.717, 1.165) is 0 Å². The van der Waals surface area contributed by atoms with Gasteiger partial charge in [0.2, 0.25) is 5.91 Å². The van der Waals surface area contributed by atoms with Crippen LogP contribution in [0.2, 0.25) is 0 Å². The molecule has 1 aromatic carbocycles. The molecule has 0 radical (unpaired) electrons. The zero-order valence-corrected chi connectivity index (χ0v) is 16.7. The molecule has 2 heterocycles. The Balaban J connectivity index is 2.20. The van der Waals surface area contributed by atoms with Gasteiger partial charge in [-0.05, 0) is 38.0 Å². The lowest BCUT2D eigenvalue weighted by Crippen LogP contribution is -2.55. The van der Waals surface area contributed by atoms with Crippen LogP contribution in [0.5, 0.6) is 5.75 Å². The van der Waals surface area contributed by atoms with E-state index < -0.39 is 29.3 Å². The zero-order chi connectivity index (χ0) is 20.6. The second-order valence-corrected chi connectivity index (χ2v) is 8.03. The molecule has 150 valence electrons. The van der Waals surface area contributed by atoms with Crippen LogP contribution in [0.1, 0.15) is 52.6 Å². The molecule has 0 spiro atoms. The quantitative estimate of drug-likeness (QED) is 0.640. The van der Waals surface area contributed by atoms with Crippen LogP contribution in [0.3, 0.4) is 0 Å². The first-order valence-corrected chi connectivity index (χ1v) is 9.31. The Morgan fingerprint density at radius 3 is 2.54 bits per heavy atom. The van der Waals surface area contributed by atoms with Gasteiger partial charge >= 0.3 is 11.6 Å². The Bertz CT molecular complexity index is 975. The van der Waals surface area contributed by atoms with Gasteiger partial charge in [-0.15, -0.1) is 0 Å². The van der Waals surface area contributed by atoms with E-state index in [9.17, 15) is 14.4 Å². The number of fused-ring (bicyclic) bond motifs is 3. The van der Waals surface area contributed by atoms with Gasteiger partial charge in [0.25, 0.3) is 0 Å². The van der Waals surface area contributed by atoms with E-state index in [1.165, 1.54) is 13.0 Å². The van der Waals surface area contributed by atoms with Crippen molar-refractivity contribution in [1.82, 2.24) is 5.32 Å². The molecule has 0 saturated heterocycles. The Hall–Kier alpha value is -2.83. The fourth-order valence-corrected chi connectivity index (χ4v) is 3.55. The second kappa shape index (κ2) is 7.30. The summed E-state index contributed by atoms with van der Waals surface area (Å²) in [6.07, 6.45) is -0.487. The summed E-state index contributed by atoms with van der Waals surface area (Å²) in [5.41, 5.74) is -0.607. The Morgan fingerprint density at radius 1 is 1.21 bits per heavy atom. The molecule has 2 aromatic rings. The van der Waals surface area contributed by atoms with Gasteiger partial charge in [-0.25, -0.2) is 4.79 Å². The first-order valence-electron chi connectivity index (χ1n) is 9.31. The molecule has 1 amide bonds. The summed E-state index contributed by atoms with van der Waals surface area (Å²) >= 11 is 0. The maximum Gasteiger partial charge on any atom is 0.336 e. The van der Waals surface area contributed by atoms with Gasteiger partial charge < -0.3 is 19.2 Å². The highest BCUT2D eigenvalue weighted by molar-refractivity contribution is 5.85. The van der Waals surface area contributed by atoms with Crippen LogP contribution in [0.4, 0.5) is 0 Å². The summed E-state index contributed by atoms with van der Waals surface area (Å²) in [6, 6.07) is 5.81. The van der Waals surface area contributed by atoms with Crippen molar-refractivity contribution in [1.29, 1.82) is 0 Å². The monoisotopic (exact) mass is 387 g/mol. The highest BCUT2D eigenvalue weighted by Crippen LogP contribution is 2.44. The molecule has 28 heavy (non-hydrogen) atoms. The zero-order valence-electron chi connectivity index (χ0n) is 16.7. The van der Waals surface area contributed by atoms with Crippen molar-refractivity contribution in [2.24, 2.45) is 5.92 Å². The number of carbonyl (C=O) groups excluding carboxylic acids is 2. The third-order valence-electron chi connectivity index (χ3n) is 4.66. The van der Waals surface area contributed by atoms with Gasteiger partial charge in [0, 0.05) is 24.8 Å². The number of amides is 1. The van der Waals surface area contributed by atoms with Crippen molar-refractivity contribution >= 4 is 22.8 Å². The molecule has 0 bridgehead atoms. The molecule has 1 aromatic heterocycles. The largest absolute Gasteiger partial charge is 0.483 e. The van der Waals surface area contributed by atoms with Crippen LogP contribution in [-0.2, 0) is 14.3 Å². The number of ether oxygens (including phenoxy) is 2. The molecule has 0 saturated carbocycles. The van der Waals surface area contributed by atoms with Crippen LogP contribution in [0, 0.1) is 5.92 Å². The minimum Gasteiger partial charge on any atom is -0.483 e. The SMILES string of the molecule is CC(=O)O[C@@H]1[C@@H](NC(=O)CC(C)C)c2c(ccc3ccc(=O)oc23)OC1(C)C. The van der Waals surface area contributed by atoms with Crippen molar-refractivity contribution < 1.29 is 23.5 Å². The molecule has 1 aliphatic rings. The summed E-state index contributed by atoms with van der Waals surface area (Å²) in [4.78, 5) is 36.2. The third-order valence-corrected chi connectivity index (χ3v) is 4.66. The Morgan fingerprint density at radius 2 is 1.89 bits per heavy atom. The van der Waals surface area contributed by atoms with Crippen LogP contribution >= 0.6 is 0 Å². The van der Waals surface area contributed by atoms with Gasteiger partial charge in [0.1, 0.15) is 23.0 Å². The van der Waals surface area contributed by atoms with E-state index in [4.69, 9.17) is 13.9 Å². The fraction of sp³-hybridized carbons (Fsp3) is 0.476. The number of hydrogen-bond acceptors (Lipinski definition) is 6. The van der Waals surface area contributed by atoms with Gasteiger partial charge in [0.15, 0.2) is 6.10 Å². The number of rotatable bonds is 4. The maximum atomic E-state index is 12.6. The second-order valence-electron chi connectivity index (χ2n) is 8.03. The molecule has 7 nitrogen and oxygen atoms in total. The smallest absolute Gasteiger partial charge is 0.336 e. The molecular formula is C21H25NO6. The average molecular weight is 387 g/mol. The highest BCUT2D eigenvalue weighted by Gasteiger charge is 2.48. The first-order chi connectivity index (χ1) is 13.1. The van der Waals surface area contributed by atoms with E-state index in [2.05, 4.69) is 5.32 Å². The maximum absolute atomic E-state index is 12.6. The average Bonchev–Trinajstić information content (AvgIpc) is 2.56. The third kappa shape index (κ3) is 3.88. The Labute approximate surface area is 163 Å². The molecule has 0 unspecified atom stereocenters. The van der Waals surface area contributed by atoms with Crippen molar-refractivity contribution in [3.05, 3.63) is 40.2 Å². The number of carbonyl (C=O) groups is 2. The highest BCUT2D eigenvalue weighted by atomic mass is 16.6. The fourth-order valence-electron chi connectivity index (χ4n) is 3.55. The molecule has 1 aliphatic heterocycles. The van der Waals surface area contributed by atoms with Crippen LogP contribution in [0.15, 0.2) is 33.5 Å². The number of benzene rings is 1. The van der Waals surface area contributed by atoms with E-state index in [0.29, 0.717) is 28.7 Å². The van der Waals surface area contributed by atoms with E-state index in [1.807, 2.05) is 13.8 Å². The lowest BCUT2D eigenvalue weighted by Gasteiger charge is -2.44. The number of nitrogens with one attached hydrogen (secondary N) is 1. The van der Waals surface area contributed by atoms with E-state index in [1.54, 1.807) is 32.0 Å². The molecular weight excluding hydrogens is 362 g/mol. The molecule has 2 atom stereocenters. The topological polar surface area (TPSA) is 94.8 Å². The summed E-state index contributed by atoms with van der Waals surface area (Å²) in [7, 11) is 0. The van der Waals surface area contributed by atoms with Crippen LogP contribution in [0.25, 0.3) is 11.0 Å². The summed E-state index contributed by atoms with van der Waals surface area (Å²) in [6.45, 7) is 8.77. The lowest BCUT2D eigenvalue weighted by molar-refractivity contribution is -0.164. The first kappa shape index (κ1) is 19.9. The van der Waals surface area contributed by atoms with Gasteiger partial charge in [-0.1, -0.05) is 13.8 Å². The summed E-state index contributed by atoms with van der Waals surface area (Å²) in [5, 5.41) is 3.66. The minimum atomic E-state index is -0.906. The minimum absolute atomic E-state index is 0.157. The van der Waals surface area contributed by atoms with Crippen molar-refractivity contribution in [2.75, 3.05) is 0 Å². The van der Waals surface area contributed by atoms with Gasteiger partial charge in [0.05, 0.1) is 5.56 Å². The number of esters is 1. The predicted molar refractivity (Wildman–Crippen MR) is 103 cm³/mol. The Kier molecular flexibility index (Phi) is 5.19. The van der Waals surface area contributed by atoms with E-state index in [-0.39, 0.29) is 11.8 Å². The van der Waals surface area contributed by atoms with E-state index >= 15 is 0 Å². The van der Waals surface area contributed by atoms with Crippen molar-refractivity contribution in [3.63, 3.8) is 0 Å². The predicted octanol–water partition coefficient (Wildman–Crippen LogP) is 3.10. The molecule has 0 aliphatic carbocycles. The van der Waals surface area contributed by atoms with Crippen LogP contribution < -0.4 is 15.7 Å². The normalized spacial score (nSPS) is 20.4. The molecule has 1 N–H and O–H groups in total. The van der Waals surface area contributed by atoms with Gasteiger partial charge in [-0.2, -0.15) is 0 Å².